The van der Waals surface area contributed by atoms with Crippen LogP contribution in [0.4, 0.5) is 0 Å². The predicted octanol–water partition coefficient (Wildman–Crippen LogP) is 3.71. The fourth-order valence-electron chi connectivity index (χ4n) is 2.05. The lowest BCUT2D eigenvalue weighted by Gasteiger charge is -2.20. The van der Waals surface area contributed by atoms with Gasteiger partial charge < -0.3 is 15.5 Å². The van der Waals surface area contributed by atoms with Crippen LogP contribution in [0.5, 0.6) is 0 Å². The van der Waals surface area contributed by atoms with Crippen molar-refractivity contribution < 1.29 is 0 Å². The molecule has 0 spiro atoms. The Morgan fingerprint density at radius 1 is 1.22 bits per heavy atom. The van der Waals surface area contributed by atoms with Crippen molar-refractivity contribution in [2.45, 2.75) is 52.6 Å². The lowest BCUT2D eigenvalue weighted by molar-refractivity contribution is 0.268. The molecule has 1 rings (SSSR count). The van der Waals surface area contributed by atoms with Crippen LogP contribution in [-0.2, 0) is 13.0 Å². The van der Waals surface area contributed by atoms with Crippen LogP contribution in [0.1, 0.15) is 43.4 Å². The van der Waals surface area contributed by atoms with Crippen molar-refractivity contribution in [3.8, 4) is 0 Å². The molecule has 1 heterocycles. The van der Waals surface area contributed by atoms with Gasteiger partial charge in [0.25, 0.3) is 0 Å². The van der Waals surface area contributed by atoms with Gasteiger partial charge in [-0.05, 0) is 58.8 Å². The monoisotopic (exact) mass is 452 g/mol. The van der Waals surface area contributed by atoms with Gasteiger partial charge in [-0.3, -0.25) is 4.99 Å². The van der Waals surface area contributed by atoms with Gasteiger partial charge in [0.05, 0.1) is 6.54 Å². The van der Waals surface area contributed by atoms with Crippen LogP contribution in [0.2, 0.25) is 0 Å². The molecule has 2 N–H and O–H groups in total. The smallest absolute Gasteiger partial charge is 0.191 e. The molecular formula is C17H33IN4S. The van der Waals surface area contributed by atoms with Crippen LogP contribution >= 0.6 is 35.3 Å². The second kappa shape index (κ2) is 13.0. The van der Waals surface area contributed by atoms with E-state index in [1.807, 2.05) is 18.4 Å². The highest BCUT2D eigenvalue weighted by molar-refractivity contribution is 14.0. The highest BCUT2D eigenvalue weighted by Crippen LogP contribution is 2.16. The lowest BCUT2D eigenvalue weighted by Crippen LogP contribution is -2.37. The molecule has 23 heavy (non-hydrogen) atoms. The lowest BCUT2D eigenvalue weighted by atomic mass is 10.2. The summed E-state index contributed by atoms with van der Waals surface area (Å²) in [6, 6.07) is 5.04. The van der Waals surface area contributed by atoms with Crippen LogP contribution in [0, 0.1) is 0 Å². The fourth-order valence-corrected chi connectivity index (χ4v) is 2.95. The van der Waals surface area contributed by atoms with E-state index in [-0.39, 0.29) is 24.0 Å². The first kappa shape index (κ1) is 22.7. The van der Waals surface area contributed by atoms with Gasteiger partial charge in [0.2, 0.25) is 0 Å². The van der Waals surface area contributed by atoms with Crippen LogP contribution in [0.25, 0.3) is 0 Å². The summed E-state index contributed by atoms with van der Waals surface area (Å²) in [7, 11) is 4.01. The Bertz CT molecular complexity index is 446. The van der Waals surface area contributed by atoms with Crippen LogP contribution in [-0.4, -0.2) is 44.1 Å². The molecule has 0 fully saturated rings. The molecule has 134 valence electrons. The zero-order chi connectivity index (χ0) is 16.4. The minimum Gasteiger partial charge on any atom is -0.356 e. The van der Waals surface area contributed by atoms with Crippen LogP contribution < -0.4 is 10.6 Å². The highest BCUT2D eigenvalue weighted by Gasteiger charge is 2.03. The summed E-state index contributed by atoms with van der Waals surface area (Å²) >= 11 is 1.87. The van der Waals surface area contributed by atoms with E-state index in [1.54, 1.807) is 0 Å². The number of nitrogens with zero attached hydrogens (tertiary/aromatic N) is 2. The standard InChI is InChI=1S/C17H32N4S.HI/c1-6-15-9-10-16(22-15)13-20-17(18-4)19-11-7-8-12-21(5)14(2)3;/h9-10,14H,6-8,11-13H2,1-5H3,(H2,18,19,20);1H. The summed E-state index contributed by atoms with van der Waals surface area (Å²) in [5.41, 5.74) is 0. The molecule has 1 aromatic heterocycles. The first-order chi connectivity index (χ1) is 10.6. The molecule has 0 aliphatic heterocycles. The number of hydrogen-bond donors (Lipinski definition) is 2. The molecule has 0 aromatic carbocycles. The van der Waals surface area contributed by atoms with E-state index in [9.17, 15) is 0 Å². The van der Waals surface area contributed by atoms with Crippen molar-refractivity contribution in [2.75, 3.05) is 27.2 Å². The summed E-state index contributed by atoms with van der Waals surface area (Å²) in [6.07, 6.45) is 3.49. The summed E-state index contributed by atoms with van der Waals surface area (Å²) in [5.74, 6) is 0.892. The average Bonchev–Trinajstić information content (AvgIpc) is 2.97. The molecular weight excluding hydrogens is 419 g/mol. The molecule has 0 aliphatic carbocycles. The molecule has 4 nitrogen and oxygen atoms in total. The van der Waals surface area contributed by atoms with E-state index in [4.69, 9.17) is 0 Å². The number of nitrogens with one attached hydrogen (secondary N) is 2. The second-order valence-electron chi connectivity index (χ2n) is 5.86. The van der Waals surface area contributed by atoms with E-state index in [0.29, 0.717) is 6.04 Å². The fraction of sp³-hybridized carbons (Fsp3) is 0.706. The summed E-state index contributed by atoms with van der Waals surface area (Å²) < 4.78 is 0. The maximum absolute atomic E-state index is 4.28. The minimum absolute atomic E-state index is 0. The Morgan fingerprint density at radius 2 is 1.91 bits per heavy atom. The van der Waals surface area contributed by atoms with Crippen LogP contribution in [0.3, 0.4) is 0 Å². The van der Waals surface area contributed by atoms with Crippen molar-refractivity contribution in [1.82, 2.24) is 15.5 Å². The van der Waals surface area contributed by atoms with Gasteiger partial charge >= 0.3 is 0 Å². The largest absolute Gasteiger partial charge is 0.356 e. The van der Waals surface area contributed by atoms with Crippen molar-refractivity contribution in [3.63, 3.8) is 0 Å². The maximum Gasteiger partial charge on any atom is 0.191 e. The molecule has 0 bridgehead atoms. The third kappa shape index (κ3) is 9.52. The van der Waals surface area contributed by atoms with Gasteiger partial charge in [0.15, 0.2) is 5.96 Å². The van der Waals surface area contributed by atoms with E-state index < -0.39 is 0 Å². The molecule has 0 amide bonds. The van der Waals surface area contributed by atoms with Crippen molar-refractivity contribution in [3.05, 3.63) is 21.9 Å². The van der Waals surface area contributed by atoms with E-state index in [0.717, 1.165) is 38.4 Å². The van der Waals surface area contributed by atoms with Gasteiger partial charge in [-0.25, -0.2) is 0 Å². The van der Waals surface area contributed by atoms with Gasteiger partial charge in [-0.2, -0.15) is 0 Å². The topological polar surface area (TPSA) is 39.7 Å². The third-order valence-electron chi connectivity index (χ3n) is 3.83. The van der Waals surface area contributed by atoms with Gasteiger partial charge in [0, 0.05) is 29.4 Å². The number of unbranched alkanes of at least 4 members (excludes halogenated alkanes) is 1. The zero-order valence-corrected chi connectivity index (χ0v) is 18.3. The average molecular weight is 452 g/mol. The third-order valence-corrected chi connectivity index (χ3v) is 5.06. The quantitative estimate of drug-likeness (QED) is 0.260. The molecule has 0 atom stereocenters. The van der Waals surface area contributed by atoms with Crippen molar-refractivity contribution in [2.24, 2.45) is 4.99 Å². The van der Waals surface area contributed by atoms with E-state index in [1.165, 1.54) is 16.2 Å². The Morgan fingerprint density at radius 3 is 2.48 bits per heavy atom. The molecule has 0 unspecified atom stereocenters. The number of aryl methyl sites for hydroxylation is 1. The molecule has 1 aromatic rings. The molecule has 6 heteroatoms. The number of rotatable bonds is 9. The number of guanidine groups is 1. The van der Waals surface area contributed by atoms with E-state index >= 15 is 0 Å². The second-order valence-corrected chi connectivity index (χ2v) is 7.11. The Hall–Kier alpha value is -0.340. The van der Waals surface area contributed by atoms with Crippen molar-refractivity contribution in [1.29, 1.82) is 0 Å². The molecule has 0 aliphatic rings. The summed E-state index contributed by atoms with van der Waals surface area (Å²) in [6.45, 7) is 9.63. The number of hydrogen-bond acceptors (Lipinski definition) is 3. The van der Waals surface area contributed by atoms with Gasteiger partial charge in [0.1, 0.15) is 0 Å². The van der Waals surface area contributed by atoms with E-state index in [2.05, 4.69) is 60.5 Å². The number of halogens is 1. The minimum atomic E-state index is 0. The Kier molecular flexibility index (Phi) is 12.8. The predicted molar refractivity (Wildman–Crippen MR) is 114 cm³/mol. The molecule has 0 saturated heterocycles. The van der Waals surface area contributed by atoms with Crippen molar-refractivity contribution >= 4 is 41.3 Å². The first-order valence-corrected chi connectivity index (χ1v) is 9.10. The SMILES string of the molecule is CCc1ccc(CNC(=NC)NCCCCN(C)C(C)C)s1.I. The van der Waals surface area contributed by atoms with Crippen LogP contribution in [0.15, 0.2) is 17.1 Å². The molecule has 0 saturated carbocycles. The zero-order valence-electron chi connectivity index (χ0n) is 15.2. The first-order valence-electron chi connectivity index (χ1n) is 8.29. The van der Waals surface area contributed by atoms with Gasteiger partial charge in [-0.15, -0.1) is 35.3 Å². The summed E-state index contributed by atoms with van der Waals surface area (Å²) in [5, 5.41) is 6.77. The highest BCUT2D eigenvalue weighted by atomic mass is 127. The molecule has 0 radical (unpaired) electrons. The maximum atomic E-state index is 4.28. The Labute approximate surface area is 163 Å². The number of aliphatic imine (C=N–C) groups is 1. The normalized spacial score (nSPS) is 11.7. The Balaban J connectivity index is 0.00000484. The van der Waals surface area contributed by atoms with Gasteiger partial charge in [-0.1, -0.05) is 6.92 Å². The number of thiophene rings is 1. The summed E-state index contributed by atoms with van der Waals surface area (Å²) in [4.78, 5) is 9.46.